The minimum Gasteiger partial charge on any atom is -0.483 e. The lowest BCUT2D eigenvalue weighted by molar-refractivity contribution is -0.118. The third kappa shape index (κ3) is 4.17. The number of nitrogens with one attached hydrogen (secondary N) is 1. The predicted octanol–water partition coefficient (Wildman–Crippen LogP) is 4.69. The van der Waals surface area contributed by atoms with E-state index in [1.165, 1.54) is 0 Å². The van der Waals surface area contributed by atoms with Gasteiger partial charge in [0.25, 0.3) is 5.91 Å². The van der Waals surface area contributed by atoms with Crippen LogP contribution in [-0.2, 0) is 11.2 Å². The standard InChI is InChI=1S/C20H15BrN2O2/c21-20-17-4-2-1-3-15(17)7-10-18(20)25-13-19(24)23-16-8-5-14(6-9-16)11-12-22/h1-10H,11,13H2,(H,23,24). The summed E-state index contributed by atoms with van der Waals surface area (Å²) in [5, 5.41) is 13.6. The van der Waals surface area contributed by atoms with Crippen molar-refractivity contribution in [2.24, 2.45) is 0 Å². The summed E-state index contributed by atoms with van der Waals surface area (Å²) in [6, 6.07) is 21.0. The van der Waals surface area contributed by atoms with Crippen LogP contribution in [0.15, 0.2) is 65.1 Å². The first kappa shape index (κ1) is 17.0. The van der Waals surface area contributed by atoms with Crippen LogP contribution in [0, 0.1) is 11.3 Å². The molecule has 1 N–H and O–H groups in total. The smallest absolute Gasteiger partial charge is 0.262 e. The summed E-state index contributed by atoms with van der Waals surface area (Å²) in [7, 11) is 0. The summed E-state index contributed by atoms with van der Waals surface area (Å²) in [5.74, 6) is 0.381. The SMILES string of the molecule is N#CCc1ccc(NC(=O)COc2ccc3ccccc3c2Br)cc1. The zero-order valence-electron chi connectivity index (χ0n) is 13.3. The number of carbonyl (C=O) groups is 1. The molecule has 0 atom stereocenters. The Hall–Kier alpha value is -2.84. The molecule has 3 aromatic carbocycles. The summed E-state index contributed by atoms with van der Waals surface area (Å²) in [6.45, 7) is -0.0864. The molecule has 0 fully saturated rings. The van der Waals surface area contributed by atoms with Crippen LogP contribution in [0.25, 0.3) is 10.8 Å². The van der Waals surface area contributed by atoms with E-state index in [0.717, 1.165) is 20.8 Å². The second kappa shape index (κ2) is 7.82. The fraction of sp³-hybridized carbons (Fsp3) is 0.100. The molecule has 3 aromatic rings. The molecule has 124 valence electrons. The molecule has 4 nitrogen and oxygen atoms in total. The maximum atomic E-state index is 12.1. The number of anilines is 1. The van der Waals surface area contributed by atoms with Crippen LogP contribution < -0.4 is 10.1 Å². The Bertz CT molecular complexity index is 946. The molecular weight excluding hydrogens is 380 g/mol. The molecule has 0 aliphatic rings. The first-order valence-electron chi connectivity index (χ1n) is 7.73. The number of hydrogen-bond acceptors (Lipinski definition) is 3. The number of benzene rings is 3. The molecule has 0 aliphatic carbocycles. The molecular formula is C20H15BrN2O2. The second-order valence-electron chi connectivity index (χ2n) is 5.47. The lowest BCUT2D eigenvalue weighted by Crippen LogP contribution is -2.20. The summed E-state index contributed by atoms with van der Waals surface area (Å²) in [6.07, 6.45) is 0.354. The molecule has 1 amide bonds. The predicted molar refractivity (Wildman–Crippen MR) is 102 cm³/mol. The van der Waals surface area contributed by atoms with Gasteiger partial charge in [-0.05, 0) is 50.5 Å². The molecule has 0 unspecified atom stereocenters. The molecule has 25 heavy (non-hydrogen) atoms. The number of halogens is 1. The van der Waals surface area contributed by atoms with Gasteiger partial charge in [0.05, 0.1) is 17.0 Å². The molecule has 5 heteroatoms. The topological polar surface area (TPSA) is 62.1 Å². The van der Waals surface area contributed by atoms with Crippen LogP contribution in [0.4, 0.5) is 5.69 Å². The molecule has 0 bridgehead atoms. The van der Waals surface area contributed by atoms with Gasteiger partial charge in [0.1, 0.15) is 5.75 Å². The van der Waals surface area contributed by atoms with Crippen molar-refractivity contribution in [2.45, 2.75) is 6.42 Å². The highest BCUT2D eigenvalue weighted by Gasteiger charge is 2.09. The Morgan fingerprint density at radius 3 is 2.60 bits per heavy atom. The number of nitriles is 1. The van der Waals surface area contributed by atoms with Crippen LogP contribution in [0.3, 0.4) is 0 Å². The number of fused-ring (bicyclic) bond motifs is 1. The van der Waals surface area contributed by atoms with Crippen LogP contribution in [0.1, 0.15) is 5.56 Å². The van der Waals surface area contributed by atoms with E-state index in [2.05, 4.69) is 27.3 Å². The van der Waals surface area contributed by atoms with Gasteiger partial charge in [0, 0.05) is 5.69 Å². The number of amides is 1. The molecule has 0 spiro atoms. The second-order valence-corrected chi connectivity index (χ2v) is 6.26. The van der Waals surface area contributed by atoms with Crippen LogP contribution in [0.5, 0.6) is 5.75 Å². The van der Waals surface area contributed by atoms with Gasteiger partial charge in [-0.1, -0.05) is 42.5 Å². The Morgan fingerprint density at radius 2 is 1.84 bits per heavy atom. The van der Waals surface area contributed by atoms with Gasteiger partial charge in [-0.2, -0.15) is 5.26 Å². The van der Waals surface area contributed by atoms with Crippen molar-refractivity contribution in [1.82, 2.24) is 0 Å². The van der Waals surface area contributed by atoms with Crippen molar-refractivity contribution >= 4 is 38.3 Å². The number of nitrogens with zero attached hydrogens (tertiary/aromatic N) is 1. The third-order valence-corrected chi connectivity index (χ3v) is 4.53. The zero-order chi connectivity index (χ0) is 17.6. The normalized spacial score (nSPS) is 10.2. The number of hydrogen-bond donors (Lipinski definition) is 1. The van der Waals surface area contributed by atoms with Crippen molar-refractivity contribution in [3.8, 4) is 11.8 Å². The van der Waals surface area contributed by atoms with E-state index in [0.29, 0.717) is 17.9 Å². The number of carbonyl (C=O) groups excluding carboxylic acids is 1. The van der Waals surface area contributed by atoms with E-state index in [9.17, 15) is 4.79 Å². The lowest BCUT2D eigenvalue weighted by atomic mass is 10.1. The lowest BCUT2D eigenvalue weighted by Gasteiger charge is -2.11. The fourth-order valence-electron chi connectivity index (χ4n) is 2.46. The summed E-state index contributed by atoms with van der Waals surface area (Å²) in [5.41, 5.74) is 1.59. The Kier molecular flexibility index (Phi) is 5.32. The average molecular weight is 395 g/mol. The number of rotatable bonds is 5. The Morgan fingerprint density at radius 1 is 1.08 bits per heavy atom. The molecule has 0 aliphatic heterocycles. The highest BCUT2D eigenvalue weighted by molar-refractivity contribution is 9.10. The summed E-state index contributed by atoms with van der Waals surface area (Å²) >= 11 is 3.54. The van der Waals surface area contributed by atoms with E-state index < -0.39 is 0 Å². The van der Waals surface area contributed by atoms with E-state index in [4.69, 9.17) is 10.00 Å². The van der Waals surface area contributed by atoms with Gasteiger partial charge in [-0.15, -0.1) is 0 Å². The fourth-order valence-corrected chi connectivity index (χ4v) is 3.07. The van der Waals surface area contributed by atoms with E-state index in [1.54, 1.807) is 12.1 Å². The van der Waals surface area contributed by atoms with Crippen LogP contribution in [-0.4, -0.2) is 12.5 Å². The molecule has 3 rings (SSSR count). The Balaban J connectivity index is 1.62. The highest BCUT2D eigenvalue weighted by Crippen LogP contribution is 2.32. The van der Waals surface area contributed by atoms with Gasteiger partial charge in [0.2, 0.25) is 0 Å². The first-order valence-corrected chi connectivity index (χ1v) is 8.52. The van der Waals surface area contributed by atoms with Crippen molar-refractivity contribution in [3.63, 3.8) is 0 Å². The zero-order valence-corrected chi connectivity index (χ0v) is 14.9. The van der Waals surface area contributed by atoms with E-state index >= 15 is 0 Å². The van der Waals surface area contributed by atoms with Crippen molar-refractivity contribution in [2.75, 3.05) is 11.9 Å². The molecule has 0 saturated heterocycles. The number of ether oxygens (including phenoxy) is 1. The van der Waals surface area contributed by atoms with E-state index in [-0.39, 0.29) is 12.5 Å². The maximum Gasteiger partial charge on any atom is 0.262 e. The summed E-state index contributed by atoms with van der Waals surface area (Å²) < 4.78 is 6.47. The van der Waals surface area contributed by atoms with Crippen molar-refractivity contribution in [3.05, 3.63) is 70.7 Å². The first-order chi connectivity index (χ1) is 12.2. The van der Waals surface area contributed by atoms with Gasteiger partial charge in [-0.3, -0.25) is 4.79 Å². The average Bonchev–Trinajstić information content (AvgIpc) is 2.63. The molecule has 0 heterocycles. The quantitative estimate of drug-likeness (QED) is 0.682. The monoisotopic (exact) mass is 394 g/mol. The van der Waals surface area contributed by atoms with Crippen molar-refractivity contribution in [1.29, 1.82) is 5.26 Å². The van der Waals surface area contributed by atoms with Gasteiger partial charge in [0.15, 0.2) is 6.61 Å². The largest absolute Gasteiger partial charge is 0.483 e. The van der Waals surface area contributed by atoms with E-state index in [1.807, 2.05) is 48.5 Å². The minimum absolute atomic E-state index is 0.0864. The van der Waals surface area contributed by atoms with Crippen LogP contribution in [0.2, 0.25) is 0 Å². The molecule has 0 saturated carbocycles. The maximum absolute atomic E-state index is 12.1. The van der Waals surface area contributed by atoms with Crippen molar-refractivity contribution < 1.29 is 9.53 Å². The molecule has 0 aromatic heterocycles. The van der Waals surface area contributed by atoms with Gasteiger partial charge in [-0.25, -0.2) is 0 Å². The summed E-state index contributed by atoms with van der Waals surface area (Å²) in [4.78, 5) is 12.1. The highest BCUT2D eigenvalue weighted by atomic mass is 79.9. The van der Waals surface area contributed by atoms with Gasteiger partial charge >= 0.3 is 0 Å². The molecule has 0 radical (unpaired) electrons. The van der Waals surface area contributed by atoms with Crippen LogP contribution >= 0.6 is 15.9 Å². The third-order valence-electron chi connectivity index (χ3n) is 3.71. The minimum atomic E-state index is -0.243. The van der Waals surface area contributed by atoms with Gasteiger partial charge < -0.3 is 10.1 Å². The Labute approximate surface area is 154 Å².